The van der Waals surface area contributed by atoms with E-state index in [4.69, 9.17) is 15.7 Å². The second kappa shape index (κ2) is 7.66. The van der Waals surface area contributed by atoms with Gasteiger partial charge in [0.25, 0.3) is 5.91 Å². The average Bonchev–Trinajstić information content (AvgIpc) is 2.54. The molecule has 0 aliphatic heterocycles. The fourth-order valence-corrected chi connectivity index (χ4v) is 1.95. The molecule has 122 valence electrons. The maximum absolute atomic E-state index is 13.5. The SMILES string of the molecule is N[C@@H](Cc1ccc(OCc2ccc(F)cc2F)cc1)C(=O)NO. The number of hydrogen-bond acceptors (Lipinski definition) is 4. The first-order valence-electron chi connectivity index (χ1n) is 6.85. The van der Waals surface area contributed by atoms with E-state index < -0.39 is 23.6 Å². The normalized spacial score (nSPS) is 11.8. The number of rotatable bonds is 6. The fourth-order valence-electron chi connectivity index (χ4n) is 1.95. The van der Waals surface area contributed by atoms with Crippen LogP contribution in [-0.2, 0) is 17.8 Å². The standard InChI is InChI=1S/C16H16F2N2O3/c17-12-4-3-11(14(18)8-12)9-23-13-5-1-10(2-6-13)7-15(19)16(21)20-22/h1-6,8,15,22H,7,9,19H2,(H,20,21)/t15-/m0/s1. The molecule has 0 spiro atoms. The molecule has 0 saturated heterocycles. The number of carbonyl (C=O) groups excluding carboxylic acids is 1. The first kappa shape index (κ1) is 16.9. The molecular weight excluding hydrogens is 306 g/mol. The van der Waals surface area contributed by atoms with Crippen molar-refractivity contribution >= 4 is 5.91 Å². The lowest BCUT2D eigenvalue weighted by Crippen LogP contribution is -2.40. The number of nitrogens with two attached hydrogens (primary N) is 1. The van der Waals surface area contributed by atoms with Crippen molar-refractivity contribution in [3.63, 3.8) is 0 Å². The molecule has 0 unspecified atom stereocenters. The number of benzene rings is 2. The van der Waals surface area contributed by atoms with Gasteiger partial charge in [-0.05, 0) is 36.2 Å². The molecule has 0 fully saturated rings. The van der Waals surface area contributed by atoms with Crippen molar-refractivity contribution in [3.05, 3.63) is 65.2 Å². The van der Waals surface area contributed by atoms with E-state index >= 15 is 0 Å². The van der Waals surface area contributed by atoms with Gasteiger partial charge in [0.2, 0.25) is 0 Å². The summed E-state index contributed by atoms with van der Waals surface area (Å²) in [6, 6.07) is 9.15. The average molecular weight is 322 g/mol. The Balaban J connectivity index is 1.93. The van der Waals surface area contributed by atoms with Gasteiger partial charge in [-0.3, -0.25) is 10.0 Å². The Morgan fingerprint density at radius 2 is 1.91 bits per heavy atom. The van der Waals surface area contributed by atoms with Crippen molar-refractivity contribution in [2.75, 3.05) is 0 Å². The van der Waals surface area contributed by atoms with Gasteiger partial charge in [-0.15, -0.1) is 0 Å². The monoisotopic (exact) mass is 322 g/mol. The zero-order valence-corrected chi connectivity index (χ0v) is 12.1. The highest BCUT2D eigenvalue weighted by atomic mass is 19.1. The van der Waals surface area contributed by atoms with E-state index in [1.807, 2.05) is 0 Å². The van der Waals surface area contributed by atoms with Gasteiger partial charge in [-0.1, -0.05) is 12.1 Å². The van der Waals surface area contributed by atoms with E-state index in [0.717, 1.165) is 11.6 Å². The highest BCUT2D eigenvalue weighted by molar-refractivity contribution is 5.80. The second-order valence-electron chi connectivity index (χ2n) is 4.96. The Bertz CT molecular complexity index is 678. The molecule has 2 aromatic carbocycles. The molecule has 4 N–H and O–H groups in total. The van der Waals surface area contributed by atoms with Crippen molar-refractivity contribution < 1.29 is 23.5 Å². The van der Waals surface area contributed by atoms with E-state index in [1.165, 1.54) is 17.6 Å². The van der Waals surface area contributed by atoms with E-state index in [1.54, 1.807) is 24.3 Å². The minimum absolute atomic E-state index is 0.0299. The Kier molecular flexibility index (Phi) is 5.61. The summed E-state index contributed by atoms with van der Waals surface area (Å²) in [7, 11) is 0. The second-order valence-corrected chi connectivity index (χ2v) is 4.96. The number of hydroxylamine groups is 1. The van der Waals surface area contributed by atoms with Crippen LogP contribution < -0.4 is 16.0 Å². The van der Waals surface area contributed by atoms with Gasteiger partial charge in [0, 0.05) is 11.6 Å². The maximum atomic E-state index is 13.5. The molecule has 0 heterocycles. The molecule has 0 aliphatic carbocycles. The summed E-state index contributed by atoms with van der Waals surface area (Å²) >= 11 is 0. The molecule has 2 rings (SSSR count). The minimum atomic E-state index is -0.861. The minimum Gasteiger partial charge on any atom is -0.489 e. The Hall–Kier alpha value is -2.51. The summed E-state index contributed by atoms with van der Waals surface area (Å²) in [5.41, 5.74) is 8.11. The Morgan fingerprint density at radius 3 is 2.52 bits per heavy atom. The predicted octanol–water partition coefficient (Wildman–Crippen LogP) is 1.92. The van der Waals surface area contributed by atoms with Crippen LogP contribution in [0, 0.1) is 11.6 Å². The molecule has 0 bridgehead atoms. The summed E-state index contributed by atoms with van der Waals surface area (Å²) in [4.78, 5) is 11.1. The van der Waals surface area contributed by atoms with Gasteiger partial charge < -0.3 is 10.5 Å². The zero-order valence-electron chi connectivity index (χ0n) is 12.1. The van der Waals surface area contributed by atoms with Crippen molar-refractivity contribution in [1.29, 1.82) is 0 Å². The van der Waals surface area contributed by atoms with Gasteiger partial charge in [-0.2, -0.15) is 0 Å². The summed E-state index contributed by atoms with van der Waals surface area (Å²) in [6.45, 7) is -0.0299. The number of carbonyl (C=O) groups is 1. The molecule has 1 amide bonds. The Morgan fingerprint density at radius 1 is 1.22 bits per heavy atom. The van der Waals surface area contributed by atoms with E-state index in [0.29, 0.717) is 5.75 Å². The van der Waals surface area contributed by atoms with Gasteiger partial charge in [0.15, 0.2) is 0 Å². The first-order valence-corrected chi connectivity index (χ1v) is 6.85. The largest absolute Gasteiger partial charge is 0.489 e. The number of hydrogen-bond donors (Lipinski definition) is 3. The number of amides is 1. The topological polar surface area (TPSA) is 84.6 Å². The number of halogens is 2. The molecule has 7 heteroatoms. The molecule has 23 heavy (non-hydrogen) atoms. The lowest BCUT2D eigenvalue weighted by Gasteiger charge is -2.11. The van der Waals surface area contributed by atoms with Crippen LogP contribution in [0.5, 0.6) is 5.75 Å². The third-order valence-electron chi connectivity index (χ3n) is 3.24. The molecule has 5 nitrogen and oxygen atoms in total. The zero-order chi connectivity index (χ0) is 16.8. The van der Waals surface area contributed by atoms with Crippen molar-refractivity contribution in [2.24, 2.45) is 5.73 Å². The molecule has 2 aromatic rings. The third-order valence-corrected chi connectivity index (χ3v) is 3.24. The Labute approximate surface area is 131 Å². The van der Waals surface area contributed by atoms with Crippen molar-refractivity contribution in [1.82, 2.24) is 5.48 Å². The van der Waals surface area contributed by atoms with Crippen LogP contribution in [0.3, 0.4) is 0 Å². The van der Waals surface area contributed by atoms with Crippen LogP contribution in [0.15, 0.2) is 42.5 Å². The van der Waals surface area contributed by atoms with Gasteiger partial charge in [-0.25, -0.2) is 14.3 Å². The highest BCUT2D eigenvalue weighted by Crippen LogP contribution is 2.17. The van der Waals surface area contributed by atoms with Crippen LogP contribution in [0.2, 0.25) is 0 Å². The van der Waals surface area contributed by atoms with Crippen LogP contribution in [0.1, 0.15) is 11.1 Å². The van der Waals surface area contributed by atoms with Gasteiger partial charge >= 0.3 is 0 Å². The lowest BCUT2D eigenvalue weighted by atomic mass is 10.1. The molecule has 1 atom stereocenters. The van der Waals surface area contributed by atoms with Gasteiger partial charge in [0.05, 0.1) is 6.04 Å². The quantitative estimate of drug-likeness (QED) is 0.560. The van der Waals surface area contributed by atoms with Crippen molar-refractivity contribution in [2.45, 2.75) is 19.1 Å². The van der Waals surface area contributed by atoms with Crippen molar-refractivity contribution in [3.8, 4) is 5.75 Å². The number of ether oxygens (including phenoxy) is 1. The summed E-state index contributed by atoms with van der Waals surface area (Å²) in [6.07, 6.45) is 0.249. The van der Waals surface area contributed by atoms with Crippen LogP contribution in [-0.4, -0.2) is 17.2 Å². The molecule has 0 aliphatic rings. The summed E-state index contributed by atoms with van der Waals surface area (Å²) < 4.78 is 31.7. The molecule has 0 radical (unpaired) electrons. The van der Waals surface area contributed by atoms with E-state index in [2.05, 4.69) is 0 Å². The molecule has 0 aromatic heterocycles. The lowest BCUT2D eigenvalue weighted by molar-refractivity contribution is -0.130. The fraction of sp³-hybridized carbons (Fsp3) is 0.188. The van der Waals surface area contributed by atoms with Crippen LogP contribution in [0.4, 0.5) is 8.78 Å². The smallest absolute Gasteiger partial charge is 0.260 e. The van der Waals surface area contributed by atoms with E-state index in [-0.39, 0.29) is 18.6 Å². The summed E-state index contributed by atoms with van der Waals surface area (Å²) in [5, 5.41) is 8.49. The van der Waals surface area contributed by atoms with E-state index in [9.17, 15) is 13.6 Å². The predicted molar refractivity (Wildman–Crippen MR) is 78.7 cm³/mol. The summed E-state index contributed by atoms with van der Waals surface area (Å²) in [5.74, 6) is -1.48. The highest BCUT2D eigenvalue weighted by Gasteiger charge is 2.13. The molecule has 0 saturated carbocycles. The van der Waals surface area contributed by atoms with Gasteiger partial charge in [0.1, 0.15) is 24.0 Å². The third kappa shape index (κ3) is 4.73. The maximum Gasteiger partial charge on any atom is 0.260 e. The number of nitrogens with one attached hydrogen (secondary N) is 1. The van der Waals surface area contributed by atoms with Crippen LogP contribution in [0.25, 0.3) is 0 Å². The molecular formula is C16H16F2N2O3. The first-order chi connectivity index (χ1) is 11.0. The van der Waals surface area contributed by atoms with Crippen LogP contribution >= 0.6 is 0 Å².